The zero-order valence-corrected chi connectivity index (χ0v) is 24.3. The second kappa shape index (κ2) is 13.7. The van der Waals surface area contributed by atoms with Crippen molar-refractivity contribution in [3.8, 4) is 0 Å². The molecule has 5 unspecified atom stereocenters. The van der Waals surface area contributed by atoms with Gasteiger partial charge in [0.25, 0.3) is 5.69 Å². The van der Waals surface area contributed by atoms with Crippen LogP contribution in [-0.2, 0) is 27.7 Å². The predicted molar refractivity (Wildman–Crippen MR) is 154 cm³/mol. The van der Waals surface area contributed by atoms with Gasteiger partial charge in [0.05, 0.1) is 16.6 Å². The van der Waals surface area contributed by atoms with E-state index in [9.17, 15) is 40.9 Å². The van der Waals surface area contributed by atoms with Crippen LogP contribution in [0.3, 0.4) is 0 Å². The Kier molecular flexibility index (Phi) is 10.2. The summed E-state index contributed by atoms with van der Waals surface area (Å²) in [6.45, 7) is 1.23. The van der Waals surface area contributed by atoms with Gasteiger partial charge in [-0.1, -0.05) is 67.6 Å². The highest BCUT2D eigenvalue weighted by Crippen LogP contribution is 2.41. The third-order valence-corrected chi connectivity index (χ3v) is 9.25. The molecular formula is C30H30F5N3O5S. The molecule has 44 heavy (non-hydrogen) atoms. The predicted octanol–water partition coefficient (Wildman–Crippen LogP) is 5.96. The molecule has 14 heteroatoms. The Morgan fingerprint density at radius 3 is 1.86 bits per heavy atom. The molecule has 0 radical (unpaired) electrons. The highest BCUT2D eigenvalue weighted by Gasteiger charge is 2.55. The Hall–Kier alpha value is -4.07. The average Bonchev–Trinajstić information content (AvgIpc) is 3.20. The first-order valence-electron chi connectivity index (χ1n) is 13.7. The third-order valence-electron chi connectivity index (χ3n) is 7.52. The second-order valence-electron chi connectivity index (χ2n) is 10.4. The lowest BCUT2D eigenvalue weighted by atomic mass is 9.92. The van der Waals surface area contributed by atoms with Crippen LogP contribution in [0.4, 0.5) is 33.3 Å². The molecule has 8 nitrogen and oxygen atoms in total. The molecule has 1 aliphatic rings. The zero-order chi connectivity index (χ0) is 32.2. The van der Waals surface area contributed by atoms with Gasteiger partial charge in [0, 0.05) is 30.5 Å². The number of sulfone groups is 1. The fraction of sp³-hybridized carbons (Fsp3) is 0.367. The highest BCUT2D eigenvalue weighted by atomic mass is 32.2. The number of nitro benzene ring substituents is 1. The van der Waals surface area contributed by atoms with Gasteiger partial charge in [0.1, 0.15) is 9.84 Å². The van der Waals surface area contributed by atoms with E-state index in [-0.39, 0.29) is 23.7 Å². The van der Waals surface area contributed by atoms with Crippen LogP contribution in [0, 0.1) is 15.9 Å². The van der Waals surface area contributed by atoms with Gasteiger partial charge in [0.15, 0.2) is 23.8 Å². The molecule has 0 aromatic heterocycles. The van der Waals surface area contributed by atoms with Crippen molar-refractivity contribution in [3.05, 3.63) is 105 Å². The number of nitro groups is 1. The normalized spacial score (nSPS) is 20.8. The number of hydrogen-bond acceptors (Lipinski definition) is 6. The van der Waals surface area contributed by atoms with Crippen LogP contribution in [0.2, 0.25) is 0 Å². The van der Waals surface area contributed by atoms with Crippen molar-refractivity contribution in [1.82, 2.24) is 4.90 Å². The van der Waals surface area contributed by atoms with E-state index in [1.54, 1.807) is 60.7 Å². The monoisotopic (exact) mass is 639 g/mol. The first-order valence-corrected chi connectivity index (χ1v) is 15.6. The van der Waals surface area contributed by atoms with E-state index in [0.29, 0.717) is 11.1 Å². The number of rotatable bonds is 12. The van der Waals surface area contributed by atoms with Crippen LogP contribution in [0.25, 0.3) is 0 Å². The van der Waals surface area contributed by atoms with Crippen LogP contribution < -0.4 is 4.90 Å². The number of carbonyl (C=O) groups is 1. The Labute approximate surface area is 251 Å². The first-order chi connectivity index (χ1) is 20.9. The molecule has 3 aromatic rings. The number of hydrogen-bond donors (Lipinski definition) is 0. The SMILES string of the molecule is CCS(=O)(=O)CCC(C(=O)N1C(F)C(F)C(F)C1F)c1ccc([N+](=O)[O-])c(N(Cc2ccccc2)Cc2ccccc2)c1F. The summed E-state index contributed by atoms with van der Waals surface area (Å²) in [5.74, 6) is -5.94. The highest BCUT2D eigenvalue weighted by molar-refractivity contribution is 7.91. The summed E-state index contributed by atoms with van der Waals surface area (Å²) in [5.41, 5.74) is -0.566. The topological polar surface area (TPSA) is 101 Å². The Bertz CT molecular complexity index is 1530. The van der Waals surface area contributed by atoms with E-state index >= 15 is 4.39 Å². The van der Waals surface area contributed by atoms with Crippen molar-refractivity contribution in [3.63, 3.8) is 0 Å². The fourth-order valence-corrected chi connectivity index (χ4v) is 6.02. The molecule has 236 valence electrons. The number of amides is 1. The number of alkyl halides is 4. The van der Waals surface area contributed by atoms with Gasteiger partial charge in [-0.25, -0.2) is 30.4 Å². The molecule has 4 rings (SSSR count). The molecule has 5 atom stereocenters. The minimum absolute atomic E-state index is 0.0436. The Morgan fingerprint density at radius 2 is 1.41 bits per heavy atom. The summed E-state index contributed by atoms with van der Waals surface area (Å²) in [4.78, 5) is 25.8. The van der Waals surface area contributed by atoms with Crippen molar-refractivity contribution in [2.45, 2.75) is 57.3 Å². The number of halogens is 5. The summed E-state index contributed by atoms with van der Waals surface area (Å²) in [6.07, 6.45) is -12.8. The molecule has 1 aliphatic heterocycles. The van der Waals surface area contributed by atoms with E-state index in [4.69, 9.17) is 0 Å². The zero-order valence-electron chi connectivity index (χ0n) is 23.5. The third kappa shape index (κ3) is 7.01. The standard InChI is InChI=1S/C30H30F5N3O5S/c1-2-44(42,43)16-15-22(30(39)37-28(34)25(32)26(33)29(37)35)21-13-14-23(38(40)41)27(24(21)31)36(17-19-9-5-3-6-10-19)18-20-11-7-4-8-12-20/h3-14,22,25-26,28-29H,2,15-18H2,1H3. The van der Waals surface area contributed by atoms with Gasteiger partial charge in [-0.3, -0.25) is 19.8 Å². The number of likely N-dealkylation sites (tertiary alicyclic amines) is 1. The lowest BCUT2D eigenvalue weighted by Crippen LogP contribution is -2.43. The molecule has 0 spiro atoms. The van der Waals surface area contributed by atoms with E-state index in [0.717, 1.165) is 12.1 Å². The van der Waals surface area contributed by atoms with Gasteiger partial charge >= 0.3 is 0 Å². The van der Waals surface area contributed by atoms with E-state index < -0.39 is 86.4 Å². The molecule has 1 fully saturated rings. The molecule has 0 bridgehead atoms. The smallest absolute Gasteiger partial charge is 0.295 e. The van der Waals surface area contributed by atoms with Crippen molar-refractivity contribution in [1.29, 1.82) is 0 Å². The number of carbonyl (C=O) groups excluding carboxylic acids is 1. The fourth-order valence-electron chi connectivity index (χ4n) is 5.13. The largest absolute Gasteiger partial charge is 0.355 e. The van der Waals surface area contributed by atoms with Gasteiger partial charge in [-0.2, -0.15) is 0 Å². The van der Waals surface area contributed by atoms with E-state index in [1.165, 1.54) is 11.8 Å². The van der Waals surface area contributed by atoms with Crippen molar-refractivity contribution < 1.29 is 40.1 Å². The van der Waals surface area contributed by atoms with Crippen LogP contribution in [-0.4, -0.2) is 60.6 Å². The van der Waals surface area contributed by atoms with E-state index in [2.05, 4.69) is 0 Å². The summed E-state index contributed by atoms with van der Waals surface area (Å²) in [7, 11) is -3.82. The molecule has 3 aromatic carbocycles. The number of anilines is 1. The van der Waals surface area contributed by atoms with Crippen LogP contribution >= 0.6 is 0 Å². The number of nitrogens with zero attached hydrogens (tertiary/aromatic N) is 3. The Balaban J connectivity index is 1.88. The molecular weight excluding hydrogens is 609 g/mol. The van der Waals surface area contributed by atoms with Crippen LogP contribution in [0.5, 0.6) is 0 Å². The van der Waals surface area contributed by atoms with Gasteiger partial charge in [-0.15, -0.1) is 0 Å². The van der Waals surface area contributed by atoms with Crippen LogP contribution in [0.15, 0.2) is 72.8 Å². The summed E-state index contributed by atoms with van der Waals surface area (Å²) in [6, 6.07) is 19.0. The Morgan fingerprint density at radius 1 is 0.909 bits per heavy atom. The van der Waals surface area contributed by atoms with E-state index in [1.807, 2.05) is 0 Å². The maximum atomic E-state index is 16.7. The molecule has 0 saturated carbocycles. The maximum Gasteiger partial charge on any atom is 0.295 e. The molecule has 0 N–H and O–H groups in total. The molecule has 1 saturated heterocycles. The summed E-state index contributed by atoms with van der Waals surface area (Å²) < 4.78 is 98.7. The molecule has 1 heterocycles. The number of benzene rings is 3. The van der Waals surface area contributed by atoms with Gasteiger partial charge < -0.3 is 4.90 Å². The van der Waals surface area contributed by atoms with Gasteiger partial charge in [0.2, 0.25) is 18.5 Å². The average molecular weight is 640 g/mol. The summed E-state index contributed by atoms with van der Waals surface area (Å²) in [5, 5.41) is 12.1. The van der Waals surface area contributed by atoms with Crippen LogP contribution in [0.1, 0.15) is 36.0 Å². The minimum Gasteiger partial charge on any atom is -0.355 e. The van der Waals surface area contributed by atoms with Crippen molar-refractivity contribution in [2.24, 2.45) is 0 Å². The van der Waals surface area contributed by atoms with Gasteiger partial charge in [-0.05, 0) is 23.6 Å². The first kappa shape index (κ1) is 32.8. The quantitative estimate of drug-likeness (QED) is 0.105. The minimum atomic E-state index is -3.82. The lowest BCUT2D eigenvalue weighted by molar-refractivity contribution is -0.384. The second-order valence-corrected chi connectivity index (χ2v) is 12.9. The lowest BCUT2D eigenvalue weighted by Gasteiger charge is -2.29. The van der Waals surface area contributed by atoms with Crippen molar-refractivity contribution in [2.75, 3.05) is 16.4 Å². The summed E-state index contributed by atoms with van der Waals surface area (Å²) >= 11 is 0. The molecule has 0 aliphatic carbocycles. The van der Waals surface area contributed by atoms with Crippen molar-refractivity contribution >= 4 is 27.1 Å². The maximum absolute atomic E-state index is 16.7. The molecule has 1 amide bonds.